The second-order valence-electron chi connectivity index (χ2n) is 4.40. The van der Waals surface area contributed by atoms with Crippen molar-refractivity contribution < 1.29 is 25.9 Å². The average molecular weight is 442 g/mol. The van der Waals surface area contributed by atoms with Crippen LogP contribution in [-0.4, -0.2) is 31.6 Å². The minimum Gasteiger partial charge on any atom is -0.341 e. The summed E-state index contributed by atoms with van der Waals surface area (Å²) in [5.74, 6) is 0.926. The van der Waals surface area contributed by atoms with E-state index in [1.807, 2.05) is 25.1 Å². The van der Waals surface area contributed by atoms with Gasteiger partial charge >= 0.3 is 6.03 Å². The van der Waals surface area contributed by atoms with Gasteiger partial charge in [-0.3, -0.25) is 0 Å². The molecule has 0 aromatic heterocycles. The Labute approximate surface area is 135 Å². The summed E-state index contributed by atoms with van der Waals surface area (Å²) in [6, 6.07) is 10.2. The SMILES string of the molecule is CCCN(C)C(=O)NC.N#C[C-]1Cc2ccccc21.[W]. The van der Waals surface area contributed by atoms with Gasteiger partial charge in [0.15, 0.2) is 0 Å². The summed E-state index contributed by atoms with van der Waals surface area (Å²) < 4.78 is 0. The summed E-state index contributed by atoms with van der Waals surface area (Å²) in [7, 11) is 3.41. The standard InChI is InChI=1S/C9H6N.C6H14N2O.W/c10-6-8-5-7-3-1-2-4-9(7)8;1-4-5-8(3)6(9)7-2;/h1-4H,5H2;4-5H2,1-3H3,(H,7,9);/q-1;;. The molecule has 0 atom stereocenters. The summed E-state index contributed by atoms with van der Waals surface area (Å²) in [5.41, 5.74) is 2.45. The number of rotatable bonds is 2. The van der Waals surface area contributed by atoms with E-state index in [1.165, 1.54) is 5.56 Å². The van der Waals surface area contributed by atoms with E-state index in [2.05, 4.69) is 17.5 Å². The molecule has 108 valence electrons. The van der Waals surface area contributed by atoms with Crippen LogP contribution in [0, 0.1) is 17.2 Å². The Kier molecular flexibility index (Phi) is 8.75. The molecular formula is C15H20N3OW-. The molecule has 0 radical (unpaired) electrons. The third-order valence-electron chi connectivity index (χ3n) is 2.96. The molecule has 1 aromatic rings. The fourth-order valence-electron chi connectivity index (χ4n) is 1.88. The van der Waals surface area contributed by atoms with Crippen LogP contribution in [0.5, 0.6) is 0 Å². The van der Waals surface area contributed by atoms with Crippen LogP contribution in [-0.2, 0) is 27.5 Å². The summed E-state index contributed by atoms with van der Waals surface area (Å²) in [6.07, 6.45) is 1.87. The number of carbonyl (C=O) groups is 1. The molecule has 0 bridgehead atoms. The molecule has 1 N–H and O–H groups in total. The Morgan fingerprint density at radius 1 is 1.50 bits per heavy atom. The number of nitrogens with zero attached hydrogens (tertiary/aromatic N) is 2. The van der Waals surface area contributed by atoms with E-state index in [-0.39, 0.29) is 27.1 Å². The zero-order valence-corrected chi connectivity index (χ0v) is 15.1. The number of urea groups is 1. The van der Waals surface area contributed by atoms with Gasteiger partial charge in [0.1, 0.15) is 0 Å². The summed E-state index contributed by atoms with van der Waals surface area (Å²) in [6.45, 7) is 2.86. The fourth-order valence-corrected chi connectivity index (χ4v) is 1.88. The van der Waals surface area contributed by atoms with Crippen LogP contribution >= 0.6 is 0 Å². The van der Waals surface area contributed by atoms with Gasteiger partial charge in [0.05, 0.1) is 0 Å². The van der Waals surface area contributed by atoms with E-state index in [9.17, 15) is 4.79 Å². The molecular weight excluding hydrogens is 422 g/mol. The van der Waals surface area contributed by atoms with Crippen LogP contribution in [0.1, 0.15) is 24.5 Å². The molecule has 0 saturated heterocycles. The van der Waals surface area contributed by atoms with Gasteiger partial charge in [-0.25, -0.2) is 10.1 Å². The monoisotopic (exact) mass is 442 g/mol. The molecule has 1 aromatic carbocycles. The van der Waals surface area contributed by atoms with Crippen molar-refractivity contribution in [3.05, 3.63) is 41.3 Å². The first-order chi connectivity index (χ1) is 9.13. The first-order valence-electron chi connectivity index (χ1n) is 6.41. The van der Waals surface area contributed by atoms with Crippen LogP contribution < -0.4 is 5.32 Å². The molecule has 2 amide bonds. The van der Waals surface area contributed by atoms with Crippen LogP contribution in [0.3, 0.4) is 0 Å². The van der Waals surface area contributed by atoms with Crippen molar-refractivity contribution in [2.45, 2.75) is 19.8 Å². The van der Waals surface area contributed by atoms with E-state index in [0.717, 1.165) is 30.9 Å². The second-order valence-corrected chi connectivity index (χ2v) is 4.40. The van der Waals surface area contributed by atoms with Crippen LogP contribution in [0.25, 0.3) is 0 Å². The Hall–Kier alpha value is -1.46. The van der Waals surface area contributed by atoms with Crippen molar-refractivity contribution in [1.82, 2.24) is 10.2 Å². The fraction of sp³-hybridized carbons (Fsp3) is 0.400. The number of benzene rings is 1. The summed E-state index contributed by atoms with van der Waals surface area (Å²) in [5, 5.41) is 11.1. The van der Waals surface area contributed by atoms with Crippen molar-refractivity contribution in [2.24, 2.45) is 0 Å². The van der Waals surface area contributed by atoms with E-state index in [1.54, 1.807) is 19.0 Å². The number of nitrogens with one attached hydrogen (secondary N) is 1. The normalized spacial score (nSPS) is 10.6. The van der Waals surface area contributed by atoms with E-state index >= 15 is 0 Å². The Morgan fingerprint density at radius 2 is 2.15 bits per heavy atom. The third kappa shape index (κ3) is 4.90. The van der Waals surface area contributed by atoms with Gasteiger partial charge in [0, 0.05) is 47.8 Å². The smallest absolute Gasteiger partial charge is 0.316 e. The van der Waals surface area contributed by atoms with Gasteiger partial charge in [-0.1, -0.05) is 25.3 Å². The molecule has 4 nitrogen and oxygen atoms in total. The number of fused-ring (bicyclic) bond motifs is 1. The molecule has 1 aliphatic rings. The molecule has 20 heavy (non-hydrogen) atoms. The van der Waals surface area contributed by atoms with Crippen molar-refractivity contribution in [1.29, 1.82) is 5.26 Å². The zero-order valence-electron chi connectivity index (χ0n) is 12.1. The Bertz CT molecular complexity index is 470. The maximum Gasteiger partial charge on any atom is 0.316 e. The predicted octanol–water partition coefficient (Wildman–Crippen LogP) is 2.35. The third-order valence-corrected chi connectivity index (χ3v) is 2.96. The molecule has 0 unspecified atom stereocenters. The van der Waals surface area contributed by atoms with Crippen molar-refractivity contribution in [2.75, 3.05) is 20.6 Å². The van der Waals surface area contributed by atoms with Gasteiger partial charge in [0.25, 0.3) is 0 Å². The predicted molar refractivity (Wildman–Crippen MR) is 75.5 cm³/mol. The van der Waals surface area contributed by atoms with E-state index < -0.39 is 0 Å². The largest absolute Gasteiger partial charge is 0.341 e. The van der Waals surface area contributed by atoms with Crippen LogP contribution in [0.2, 0.25) is 0 Å². The number of hydrogen-bond acceptors (Lipinski definition) is 2. The maximum atomic E-state index is 10.7. The number of nitriles is 1. The van der Waals surface area contributed by atoms with Gasteiger partial charge < -0.3 is 10.2 Å². The molecule has 0 heterocycles. The molecule has 2 rings (SSSR count). The maximum absolute atomic E-state index is 10.7. The molecule has 0 spiro atoms. The number of hydrogen-bond donors (Lipinski definition) is 1. The topological polar surface area (TPSA) is 56.1 Å². The quantitative estimate of drug-likeness (QED) is 0.716. The molecule has 0 fully saturated rings. The molecule has 5 heteroatoms. The Balaban J connectivity index is 0.000000347. The van der Waals surface area contributed by atoms with Crippen LogP contribution in [0.4, 0.5) is 4.79 Å². The van der Waals surface area contributed by atoms with E-state index in [4.69, 9.17) is 5.26 Å². The van der Waals surface area contributed by atoms with Gasteiger partial charge in [0.2, 0.25) is 0 Å². The van der Waals surface area contributed by atoms with E-state index in [0.29, 0.717) is 0 Å². The average Bonchev–Trinajstić information content (AvgIpc) is 2.40. The number of amides is 2. The second kappa shape index (κ2) is 9.44. The molecule has 0 saturated carbocycles. The van der Waals surface area contributed by atoms with Crippen molar-refractivity contribution in [3.63, 3.8) is 0 Å². The van der Waals surface area contributed by atoms with Gasteiger partial charge in [-0.2, -0.15) is 17.2 Å². The van der Waals surface area contributed by atoms with Crippen LogP contribution in [0.15, 0.2) is 24.3 Å². The number of carbonyl (C=O) groups excluding carboxylic acids is 1. The zero-order chi connectivity index (χ0) is 14.3. The summed E-state index contributed by atoms with van der Waals surface area (Å²) in [4.78, 5) is 12.4. The summed E-state index contributed by atoms with van der Waals surface area (Å²) >= 11 is 0. The molecule has 1 aliphatic carbocycles. The minimum absolute atomic E-state index is 0. The van der Waals surface area contributed by atoms with Crippen molar-refractivity contribution >= 4 is 6.03 Å². The minimum atomic E-state index is -0.0168. The first kappa shape index (κ1) is 18.5. The van der Waals surface area contributed by atoms with Crippen molar-refractivity contribution in [3.8, 4) is 6.07 Å². The Morgan fingerprint density at radius 3 is 2.65 bits per heavy atom. The van der Waals surface area contributed by atoms with Gasteiger partial charge in [-0.15, -0.1) is 12.1 Å². The first-order valence-corrected chi connectivity index (χ1v) is 6.41. The van der Waals surface area contributed by atoms with Gasteiger partial charge in [-0.05, 0) is 6.42 Å². The molecule has 0 aliphatic heterocycles.